The molecule has 134 valence electrons. The summed E-state index contributed by atoms with van der Waals surface area (Å²) in [5.41, 5.74) is 1.57. The molecule has 0 radical (unpaired) electrons. The van der Waals surface area contributed by atoms with Gasteiger partial charge in [0.2, 0.25) is 11.1 Å². The van der Waals surface area contributed by atoms with Gasteiger partial charge in [-0.15, -0.1) is 5.10 Å². The van der Waals surface area contributed by atoms with E-state index in [2.05, 4.69) is 15.5 Å². The molecule has 0 aliphatic carbocycles. The number of amides is 1. The molecule has 8 heteroatoms. The summed E-state index contributed by atoms with van der Waals surface area (Å²) in [5, 5.41) is 11.6. The van der Waals surface area contributed by atoms with Gasteiger partial charge in [0.25, 0.3) is 0 Å². The molecule has 1 aromatic heterocycles. The Morgan fingerprint density at radius 3 is 2.73 bits per heavy atom. The maximum atomic E-state index is 13.4. The molecule has 26 heavy (non-hydrogen) atoms. The van der Waals surface area contributed by atoms with Crippen LogP contribution in [0, 0.1) is 5.82 Å². The first-order chi connectivity index (χ1) is 12.5. The van der Waals surface area contributed by atoms with Crippen molar-refractivity contribution in [2.24, 2.45) is 0 Å². The summed E-state index contributed by atoms with van der Waals surface area (Å²) in [5.74, 6) is -0.409. The van der Waals surface area contributed by atoms with E-state index in [1.807, 2.05) is 30.3 Å². The van der Waals surface area contributed by atoms with Crippen molar-refractivity contribution in [2.45, 2.75) is 23.9 Å². The average Bonchev–Trinajstić information content (AvgIpc) is 3.10. The van der Waals surface area contributed by atoms with Gasteiger partial charge in [0.05, 0.1) is 10.9 Å². The summed E-state index contributed by atoms with van der Waals surface area (Å²) in [6.07, 6.45) is 0. The number of carbonyl (C=O) groups excluding carboxylic acids is 1. The van der Waals surface area contributed by atoms with Crippen molar-refractivity contribution in [2.75, 3.05) is 7.05 Å². The Labute approximate surface area is 155 Å². The highest BCUT2D eigenvalue weighted by Crippen LogP contribution is 2.24. The van der Waals surface area contributed by atoms with Crippen molar-refractivity contribution in [3.05, 3.63) is 66.0 Å². The van der Waals surface area contributed by atoms with Crippen LogP contribution < -0.4 is 0 Å². The summed E-state index contributed by atoms with van der Waals surface area (Å²) >= 11 is 1.24. The van der Waals surface area contributed by atoms with Crippen LogP contribution in [0.15, 0.2) is 59.8 Å². The summed E-state index contributed by atoms with van der Waals surface area (Å²) in [6.45, 7) is 2.33. The van der Waals surface area contributed by atoms with E-state index in [1.54, 1.807) is 31.0 Å². The number of nitrogens with zero attached hydrogens (tertiary/aromatic N) is 5. The molecule has 0 saturated carbocycles. The maximum absolute atomic E-state index is 13.4. The number of benzene rings is 2. The van der Waals surface area contributed by atoms with Crippen molar-refractivity contribution >= 4 is 17.7 Å². The highest BCUT2D eigenvalue weighted by molar-refractivity contribution is 8.00. The smallest absolute Gasteiger partial charge is 0.235 e. The topological polar surface area (TPSA) is 63.9 Å². The number of rotatable bonds is 6. The van der Waals surface area contributed by atoms with E-state index < -0.39 is 0 Å². The predicted octanol–water partition coefficient (Wildman–Crippen LogP) is 2.94. The first-order valence-electron chi connectivity index (χ1n) is 8.04. The van der Waals surface area contributed by atoms with Gasteiger partial charge in [-0.05, 0) is 41.1 Å². The molecular formula is C18H18FN5OS. The normalized spacial score (nSPS) is 12.0. The zero-order valence-electron chi connectivity index (χ0n) is 14.4. The average molecular weight is 371 g/mol. The zero-order valence-corrected chi connectivity index (χ0v) is 15.2. The molecule has 0 spiro atoms. The monoisotopic (exact) mass is 371 g/mol. The van der Waals surface area contributed by atoms with Gasteiger partial charge in [-0.2, -0.15) is 4.68 Å². The van der Waals surface area contributed by atoms with E-state index in [0.29, 0.717) is 17.4 Å². The molecule has 1 atom stereocenters. The Morgan fingerprint density at radius 1 is 1.23 bits per heavy atom. The minimum absolute atomic E-state index is 0.0346. The molecule has 3 rings (SSSR count). The van der Waals surface area contributed by atoms with Gasteiger partial charge in [0.15, 0.2) is 0 Å². The Morgan fingerprint density at radius 2 is 2.00 bits per heavy atom. The molecule has 2 aromatic carbocycles. The van der Waals surface area contributed by atoms with Crippen LogP contribution in [0.5, 0.6) is 0 Å². The SMILES string of the molecule is C[C@@H](Sc1nnnn1-c1cccc(F)c1)C(=O)N(C)Cc1ccccc1. The lowest BCUT2D eigenvalue weighted by atomic mass is 10.2. The third kappa shape index (κ3) is 4.26. The van der Waals surface area contributed by atoms with Gasteiger partial charge in [0, 0.05) is 13.6 Å². The molecule has 0 aliphatic heterocycles. The molecule has 1 heterocycles. The highest BCUT2D eigenvalue weighted by atomic mass is 32.2. The number of thioether (sulfide) groups is 1. The summed E-state index contributed by atoms with van der Waals surface area (Å²) in [7, 11) is 1.77. The van der Waals surface area contributed by atoms with Gasteiger partial charge < -0.3 is 4.90 Å². The Kier molecular flexibility index (Phi) is 5.62. The molecule has 0 N–H and O–H groups in total. The molecule has 3 aromatic rings. The standard InChI is InChI=1S/C18H18FN5OS/c1-13(17(25)23(2)12-14-7-4-3-5-8-14)26-18-20-21-22-24(18)16-10-6-9-15(19)11-16/h3-11,13H,12H2,1-2H3/t13-/m1/s1. The number of hydrogen-bond donors (Lipinski definition) is 0. The fourth-order valence-corrected chi connectivity index (χ4v) is 3.40. The molecule has 0 aliphatic rings. The van der Waals surface area contributed by atoms with E-state index >= 15 is 0 Å². The van der Waals surface area contributed by atoms with Crippen LogP contribution >= 0.6 is 11.8 Å². The van der Waals surface area contributed by atoms with Crippen molar-refractivity contribution in [1.82, 2.24) is 25.1 Å². The molecule has 6 nitrogen and oxygen atoms in total. The van der Waals surface area contributed by atoms with Crippen LogP contribution in [-0.2, 0) is 11.3 Å². The first-order valence-corrected chi connectivity index (χ1v) is 8.92. The van der Waals surface area contributed by atoms with Gasteiger partial charge in [0.1, 0.15) is 5.82 Å². The summed E-state index contributed by atoms with van der Waals surface area (Å²) in [6, 6.07) is 15.8. The van der Waals surface area contributed by atoms with Crippen LogP contribution in [0.25, 0.3) is 5.69 Å². The largest absolute Gasteiger partial charge is 0.340 e. The fourth-order valence-electron chi connectivity index (χ4n) is 2.48. The number of halogens is 1. The molecule has 0 unspecified atom stereocenters. The van der Waals surface area contributed by atoms with Gasteiger partial charge in [-0.25, -0.2) is 4.39 Å². The predicted molar refractivity (Wildman–Crippen MR) is 97.3 cm³/mol. The second-order valence-electron chi connectivity index (χ2n) is 5.79. The molecule has 0 bridgehead atoms. The van der Waals surface area contributed by atoms with Crippen LogP contribution in [0.1, 0.15) is 12.5 Å². The summed E-state index contributed by atoms with van der Waals surface area (Å²) < 4.78 is 14.9. The fraction of sp³-hybridized carbons (Fsp3) is 0.222. The Bertz CT molecular complexity index is 886. The van der Waals surface area contributed by atoms with E-state index in [-0.39, 0.29) is 17.0 Å². The van der Waals surface area contributed by atoms with Crippen molar-refractivity contribution in [1.29, 1.82) is 0 Å². The summed E-state index contributed by atoms with van der Waals surface area (Å²) in [4.78, 5) is 14.3. The zero-order chi connectivity index (χ0) is 18.5. The van der Waals surface area contributed by atoms with Crippen LogP contribution in [0.3, 0.4) is 0 Å². The quantitative estimate of drug-likeness (QED) is 0.624. The van der Waals surface area contributed by atoms with Crippen molar-refractivity contribution in [3.8, 4) is 5.69 Å². The van der Waals surface area contributed by atoms with E-state index in [0.717, 1.165) is 5.56 Å². The van der Waals surface area contributed by atoms with Crippen molar-refractivity contribution in [3.63, 3.8) is 0 Å². The van der Waals surface area contributed by atoms with Crippen LogP contribution in [-0.4, -0.2) is 43.3 Å². The van der Waals surface area contributed by atoms with Crippen LogP contribution in [0.4, 0.5) is 4.39 Å². The lowest BCUT2D eigenvalue weighted by Gasteiger charge is -2.21. The third-order valence-corrected chi connectivity index (χ3v) is 4.78. The minimum Gasteiger partial charge on any atom is -0.340 e. The lowest BCUT2D eigenvalue weighted by Crippen LogP contribution is -2.32. The molecular weight excluding hydrogens is 353 g/mol. The third-order valence-electron chi connectivity index (χ3n) is 3.76. The van der Waals surface area contributed by atoms with Gasteiger partial charge in [-0.3, -0.25) is 4.79 Å². The second kappa shape index (κ2) is 8.09. The second-order valence-corrected chi connectivity index (χ2v) is 7.10. The Hall–Kier alpha value is -2.74. The highest BCUT2D eigenvalue weighted by Gasteiger charge is 2.22. The van der Waals surface area contributed by atoms with E-state index in [4.69, 9.17) is 0 Å². The molecule has 1 amide bonds. The number of carbonyl (C=O) groups is 1. The number of hydrogen-bond acceptors (Lipinski definition) is 5. The van der Waals surface area contributed by atoms with Crippen molar-refractivity contribution < 1.29 is 9.18 Å². The first kappa shape index (κ1) is 18.1. The Balaban J connectivity index is 1.69. The van der Waals surface area contributed by atoms with E-state index in [1.165, 1.54) is 28.6 Å². The van der Waals surface area contributed by atoms with Gasteiger partial charge in [-0.1, -0.05) is 48.2 Å². The lowest BCUT2D eigenvalue weighted by molar-refractivity contribution is -0.129. The minimum atomic E-state index is -0.387. The van der Waals surface area contributed by atoms with Gasteiger partial charge >= 0.3 is 0 Å². The van der Waals surface area contributed by atoms with E-state index in [9.17, 15) is 9.18 Å². The van der Waals surface area contributed by atoms with Crippen LogP contribution in [0.2, 0.25) is 0 Å². The number of aromatic nitrogens is 4. The maximum Gasteiger partial charge on any atom is 0.235 e. The molecule has 0 fully saturated rings. The molecule has 0 saturated heterocycles. The number of tetrazole rings is 1.